The highest BCUT2D eigenvalue weighted by molar-refractivity contribution is 9.10. The van der Waals surface area contributed by atoms with Crippen molar-refractivity contribution in [2.75, 3.05) is 47.0 Å². The second kappa shape index (κ2) is 32.6. The van der Waals surface area contributed by atoms with Crippen LogP contribution < -0.4 is 30.0 Å². The number of halogens is 3. The zero-order valence-corrected chi connectivity index (χ0v) is 59.5. The lowest BCUT2D eigenvalue weighted by Crippen LogP contribution is -2.40. The molecular formula is C67H99Br2ClN8O6Si2. The van der Waals surface area contributed by atoms with Gasteiger partial charge in [-0.05, 0) is 129 Å². The maximum atomic E-state index is 6.56. The van der Waals surface area contributed by atoms with Gasteiger partial charge in [-0.25, -0.2) is 19.9 Å². The number of nitrogens with two attached hydrogens (primary N) is 1. The van der Waals surface area contributed by atoms with Gasteiger partial charge >= 0.3 is 0 Å². The lowest BCUT2D eigenvalue weighted by molar-refractivity contribution is 0.276. The molecule has 0 saturated heterocycles. The van der Waals surface area contributed by atoms with Crippen LogP contribution in [-0.4, -0.2) is 87.4 Å². The second-order valence-corrected chi connectivity index (χ2v) is 36.5. The van der Waals surface area contributed by atoms with Crippen LogP contribution in [0.3, 0.4) is 0 Å². The maximum Gasteiger partial charge on any atom is 0.191 e. The van der Waals surface area contributed by atoms with Gasteiger partial charge in [0.05, 0.1) is 50.5 Å². The van der Waals surface area contributed by atoms with Crippen LogP contribution in [0.5, 0.6) is 23.0 Å². The number of nitrogens with one attached hydrogen (secondary N) is 1. The first kappa shape index (κ1) is 72.0. The highest BCUT2D eigenvalue weighted by atomic mass is 79.9. The van der Waals surface area contributed by atoms with Gasteiger partial charge in [0.25, 0.3) is 0 Å². The molecule has 0 aliphatic heterocycles. The fourth-order valence-corrected chi connectivity index (χ4v) is 12.6. The molecule has 4 heterocycles. The van der Waals surface area contributed by atoms with Crippen LogP contribution in [0.25, 0.3) is 43.9 Å². The van der Waals surface area contributed by atoms with Gasteiger partial charge in [0, 0.05) is 95.2 Å². The number of methoxy groups -OCH3 is 4. The van der Waals surface area contributed by atoms with E-state index < -0.39 is 16.6 Å². The molecule has 0 fully saturated rings. The Morgan fingerprint density at radius 1 is 0.558 bits per heavy atom. The zero-order chi connectivity index (χ0) is 62.3. The number of pyridine rings is 2. The number of fused-ring (bicyclic) bond motifs is 6. The average molecular weight is 1360 g/mol. The van der Waals surface area contributed by atoms with Gasteiger partial charge in [-0.3, -0.25) is 0 Å². The highest BCUT2D eigenvalue weighted by Crippen LogP contribution is 2.39. The molecule has 0 bridgehead atoms. The molecule has 0 radical (unpaired) electrons. The van der Waals surface area contributed by atoms with Gasteiger partial charge in [-0.1, -0.05) is 125 Å². The molecule has 14 nitrogen and oxygen atoms in total. The molecular weight excluding hydrogens is 1260 g/mol. The lowest BCUT2D eigenvalue weighted by Gasteiger charge is -2.36. The molecule has 472 valence electrons. The highest BCUT2D eigenvalue weighted by Gasteiger charge is 2.38. The number of hydrogen-bond donors (Lipinski definition) is 2. The SMILES string of the molecule is C.CCCCc1nc2c(Cl)nc3ccc(Br)cc3c2n1CCCCO[Si](C)(C)C(C)(C)C.CCCCc1nc2c(NCc3ccc(OC)cc3OC)nc3ccc(Br)cc3c2n1CCCCO[Si](C)(C)C(C)(C)C.COc1ccc(CN)c(OC)c1. The summed E-state index contributed by atoms with van der Waals surface area (Å²) in [6.07, 6.45) is 10.5. The predicted octanol–water partition coefficient (Wildman–Crippen LogP) is 19.1. The van der Waals surface area contributed by atoms with Gasteiger partial charge in [-0.15, -0.1) is 0 Å². The predicted molar refractivity (Wildman–Crippen MR) is 374 cm³/mol. The summed E-state index contributed by atoms with van der Waals surface area (Å²) >= 11 is 13.9. The Balaban J connectivity index is 0.000000268. The summed E-state index contributed by atoms with van der Waals surface area (Å²) in [6, 6.07) is 23.9. The number of imidazole rings is 2. The molecule has 3 N–H and O–H groups in total. The van der Waals surface area contributed by atoms with Crippen molar-refractivity contribution in [1.82, 2.24) is 29.1 Å². The van der Waals surface area contributed by atoms with Gasteiger partial charge in [0.2, 0.25) is 0 Å². The second-order valence-electron chi connectivity index (χ2n) is 24.7. The summed E-state index contributed by atoms with van der Waals surface area (Å²) in [7, 11) is 3.14. The number of aryl methyl sites for hydroxylation is 4. The van der Waals surface area contributed by atoms with Crippen molar-refractivity contribution in [2.45, 2.75) is 189 Å². The molecule has 0 unspecified atom stereocenters. The summed E-state index contributed by atoms with van der Waals surface area (Å²) in [5.74, 6) is 6.12. The summed E-state index contributed by atoms with van der Waals surface area (Å²) < 4.78 is 40.9. The van der Waals surface area contributed by atoms with E-state index in [1.165, 1.54) is 0 Å². The Kier molecular flexibility index (Phi) is 27.3. The van der Waals surface area contributed by atoms with Gasteiger partial charge in [0.15, 0.2) is 27.6 Å². The number of nitrogens with zero attached hydrogens (tertiary/aromatic N) is 6. The zero-order valence-electron chi connectivity index (χ0n) is 53.6. The summed E-state index contributed by atoms with van der Waals surface area (Å²) in [4.78, 5) is 19.8. The molecule has 8 rings (SSSR count). The maximum absolute atomic E-state index is 6.56. The Labute approximate surface area is 537 Å². The molecule has 0 aliphatic carbocycles. The molecule has 8 aromatic rings. The normalized spacial score (nSPS) is 12.0. The van der Waals surface area contributed by atoms with Gasteiger partial charge in [0.1, 0.15) is 45.7 Å². The number of hydrogen-bond acceptors (Lipinski definition) is 12. The number of unbranched alkanes of at least 4 members (excludes halogenated alkanes) is 4. The molecule has 0 aliphatic rings. The Hall–Kier alpha value is -4.80. The van der Waals surface area contributed by atoms with E-state index in [2.05, 4.69) is 151 Å². The van der Waals surface area contributed by atoms with Crippen molar-refractivity contribution in [1.29, 1.82) is 0 Å². The molecule has 0 saturated carbocycles. The summed E-state index contributed by atoms with van der Waals surface area (Å²) in [5, 5.41) is 6.76. The monoisotopic (exact) mass is 1360 g/mol. The van der Waals surface area contributed by atoms with E-state index in [0.717, 1.165) is 195 Å². The number of anilines is 1. The molecule has 0 atom stereocenters. The first-order chi connectivity index (χ1) is 40.3. The third-order valence-corrected chi connectivity index (χ3v) is 27.0. The third-order valence-electron chi connectivity index (χ3n) is 16.6. The van der Waals surface area contributed by atoms with E-state index in [-0.39, 0.29) is 17.5 Å². The largest absolute Gasteiger partial charge is 0.497 e. The van der Waals surface area contributed by atoms with Crippen LogP contribution in [0.2, 0.25) is 41.4 Å². The van der Waals surface area contributed by atoms with Crippen LogP contribution >= 0.6 is 43.5 Å². The van der Waals surface area contributed by atoms with E-state index in [9.17, 15) is 0 Å². The Bertz CT molecular complexity index is 3470. The van der Waals surface area contributed by atoms with Crippen molar-refractivity contribution in [3.05, 3.63) is 110 Å². The van der Waals surface area contributed by atoms with Crippen LogP contribution in [0, 0.1) is 0 Å². The molecule has 4 aromatic carbocycles. The van der Waals surface area contributed by atoms with Gasteiger partial charge in [-0.2, -0.15) is 0 Å². The Morgan fingerprint density at radius 2 is 1.00 bits per heavy atom. The van der Waals surface area contributed by atoms with Crippen LogP contribution in [0.1, 0.15) is 137 Å². The number of aromatic nitrogens is 6. The fraction of sp³-hybridized carbons (Fsp3) is 0.522. The van der Waals surface area contributed by atoms with Crippen molar-refractivity contribution in [3.8, 4) is 23.0 Å². The minimum Gasteiger partial charge on any atom is -0.497 e. The van der Waals surface area contributed by atoms with Gasteiger partial charge < -0.3 is 48.0 Å². The lowest BCUT2D eigenvalue weighted by atomic mass is 10.1. The van der Waals surface area contributed by atoms with Crippen LogP contribution in [0.15, 0.2) is 81.7 Å². The molecule has 19 heteroatoms. The minimum absolute atomic E-state index is 0. The number of ether oxygens (including phenoxy) is 4. The van der Waals surface area contributed by atoms with Crippen molar-refractivity contribution < 1.29 is 27.8 Å². The number of benzene rings is 4. The van der Waals surface area contributed by atoms with E-state index in [1.54, 1.807) is 28.4 Å². The van der Waals surface area contributed by atoms with Crippen molar-refractivity contribution in [2.24, 2.45) is 5.73 Å². The minimum atomic E-state index is -1.75. The van der Waals surface area contributed by atoms with E-state index in [4.69, 9.17) is 60.1 Å². The average Bonchev–Trinajstić information content (AvgIpc) is 4.24. The van der Waals surface area contributed by atoms with Crippen LogP contribution in [0.4, 0.5) is 5.82 Å². The van der Waals surface area contributed by atoms with Crippen molar-refractivity contribution >= 4 is 110 Å². The van der Waals surface area contributed by atoms with E-state index in [0.29, 0.717) is 18.2 Å². The summed E-state index contributed by atoms with van der Waals surface area (Å²) in [5.41, 5.74) is 13.3. The molecule has 0 spiro atoms. The molecule has 4 aromatic heterocycles. The molecule has 86 heavy (non-hydrogen) atoms. The smallest absolute Gasteiger partial charge is 0.191 e. The summed E-state index contributed by atoms with van der Waals surface area (Å²) in [6.45, 7) is 32.0. The Morgan fingerprint density at radius 3 is 1.44 bits per heavy atom. The number of rotatable bonds is 26. The van der Waals surface area contributed by atoms with Crippen molar-refractivity contribution in [3.63, 3.8) is 0 Å². The van der Waals surface area contributed by atoms with E-state index in [1.807, 2.05) is 54.6 Å². The quantitative estimate of drug-likeness (QED) is 0.0301. The standard InChI is InChI=1S/C33H47BrN4O3Si.C24H35BrClN3OSi.C9H13NO2.CH4/c1-9-10-13-29-37-30-31(38(29)18-11-12-19-41-42(7,8)33(2,3)4)26-20-24(34)15-17-27(26)36-32(30)35-22-23-14-16-25(39-5)21-28(23)40-6;1-7-8-11-20-28-21-22(18-16-17(25)12-13-19(18)27-23(21)26)29(20)14-9-10-15-30-31(5,6)24(2,3)4;1-11-8-4-3-7(6-10)9(5-8)12-2;/h14-17,20-21H,9-13,18-19,22H2,1-8H3,(H,35,36);12-13,16H,7-11,14-15H2,1-6H3;3-5H,6,10H2,1-2H3;1H4. The fourth-order valence-electron chi connectivity index (χ4n) is 9.46. The first-order valence-corrected chi connectivity index (χ1v) is 37.9. The topological polar surface area (TPSA) is 155 Å². The molecule has 0 amide bonds. The third kappa shape index (κ3) is 18.4. The first-order valence-electron chi connectivity index (χ1n) is 30.1. The van der Waals surface area contributed by atoms with Crippen LogP contribution in [-0.2, 0) is 47.9 Å². The van der Waals surface area contributed by atoms with E-state index >= 15 is 0 Å².